The van der Waals surface area contributed by atoms with Gasteiger partial charge in [0.05, 0.1) is 22.5 Å². The lowest BCUT2D eigenvalue weighted by Crippen LogP contribution is -2.08. The summed E-state index contributed by atoms with van der Waals surface area (Å²) in [5, 5.41) is 9.67. The number of halogens is 3. The number of rotatable bonds is 2. The van der Waals surface area contributed by atoms with Gasteiger partial charge in [-0.15, -0.1) is 0 Å². The van der Waals surface area contributed by atoms with Gasteiger partial charge in [-0.2, -0.15) is 18.4 Å². The first-order valence-corrected chi connectivity index (χ1v) is 8.89. The Balaban J connectivity index is 2.10. The van der Waals surface area contributed by atoms with Crippen LogP contribution in [0.4, 0.5) is 19.0 Å². The standard InChI is InChI=1S/C22H14F3N5/c1-12-7-8-28-20-15(12)9-14(10-16(20)22(23,24)25)19-18(13-5-3-2-4-6-13)30-21(27)17(11-26)29-19/h2-10H,1H3,(H2,27,30). The van der Waals surface area contributed by atoms with Crippen LogP contribution in [0, 0.1) is 18.3 Å². The maximum atomic E-state index is 13.8. The number of benzene rings is 2. The molecular weight excluding hydrogens is 391 g/mol. The molecule has 2 aromatic heterocycles. The lowest BCUT2D eigenvalue weighted by Gasteiger charge is -2.15. The highest BCUT2D eigenvalue weighted by Gasteiger charge is 2.34. The molecule has 0 bridgehead atoms. The summed E-state index contributed by atoms with van der Waals surface area (Å²) < 4.78 is 41.5. The van der Waals surface area contributed by atoms with Crippen LogP contribution in [0.15, 0.2) is 54.7 Å². The van der Waals surface area contributed by atoms with Crippen LogP contribution in [-0.4, -0.2) is 15.0 Å². The number of hydrogen-bond acceptors (Lipinski definition) is 5. The quantitative estimate of drug-likeness (QED) is 0.499. The van der Waals surface area contributed by atoms with Crippen molar-refractivity contribution in [1.29, 1.82) is 5.26 Å². The first-order chi connectivity index (χ1) is 14.3. The van der Waals surface area contributed by atoms with Gasteiger partial charge in [-0.25, -0.2) is 9.97 Å². The summed E-state index contributed by atoms with van der Waals surface area (Å²) in [6.45, 7) is 1.71. The topological polar surface area (TPSA) is 88.5 Å². The minimum Gasteiger partial charge on any atom is -0.381 e. The van der Waals surface area contributed by atoms with E-state index in [0.717, 1.165) is 6.07 Å². The second-order valence-corrected chi connectivity index (χ2v) is 6.68. The summed E-state index contributed by atoms with van der Waals surface area (Å²) >= 11 is 0. The number of aryl methyl sites for hydroxylation is 1. The lowest BCUT2D eigenvalue weighted by atomic mass is 9.97. The summed E-state index contributed by atoms with van der Waals surface area (Å²) in [6, 6.07) is 14.9. The molecule has 0 saturated heterocycles. The van der Waals surface area contributed by atoms with Crippen molar-refractivity contribution in [2.75, 3.05) is 5.73 Å². The molecule has 5 nitrogen and oxygen atoms in total. The third kappa shape index (κ3) is 3.31. The Morgan fingerprint density at radius 3 is 2.33 bits per heavy atom. The minimum absolute atomic E-state index is 0.0882. The first kappa shape index (κ1) is 19.3. The second-order valence-electron chi connectivity index (χ2n) is 6.68. The minimum atomic E-state index is -4.62. The molecule has 2 heterocycles. The van der Waals surface area contributed by atoms with Crippen LogP contribution in [0.25, 0.3) is 33.4 Å². The summed E-state index contributed by atoms with van der Waals surface area (Å²) in [6.07, 6.45) is -3.28. The largest absolute Gasteiger partial charge is 0.418 e. The van der Waals surface area contributed by atoms with Gasteiger partial charge in [-0.1, -0.05) is 30.3 Å². The van der Waals surface area contributed by atoms with E-state index in [9.17, 15) is 18.4 Å². The van der Waals surface area contributed by atoms with E-state index in [-0.39, 0.29) is 28.3 Å². The number of aromatic nitrogens is 3. The van der Waals surface area contributed by atoms with E-state index in [1.165, 1.54) is 6.20 Å². The molecule has 4 aromatic rings. The van der Waals surface area contributed by atoms with Gasteiger partial charge in [-0.05, 0) is 30.7 Å². The van der Waals surface area contributed by atoms with Crippen molar-refractivity contribution in [3.8, 4) is 28.6 Å². The average Bonchev–Trinajstić information content (AvgIpc) is 2.73. The molecule has 148 valence electrons. The normalized spacial score (nSPS) is 11.4. The zero-order valence-electron chi connectivity index (χ0n) is 15.7. The molecule has 2 N–H and O–H groups in total. The van der Waals surface area contributed by atoms with Crippen LogP contribution < -0.4 is 5.73 Å². The van der Waals surface area contributed by atoms with Gasteiger partial charge in [0.25, 0.3) is 0 Å². The van der Waals surface area contributed by atoms with Crippen LogP contribution >= 0.6 is 0 Å². The van der Waals surface area contributed by atoms with E-state index in [0.29, 0.717) is 22.2 Å². The molecule has 0 spiro atoms. The van der Waals surface area contributed by atoms with Crippen molar-refractivity contribution in [3.63, 3.8) is 0 Å². The highest BCUT2D eigenvalue weighted by molar-refractivity contribution is 5.92. The Morgan fingerprint density at radius 2 is 1.67 bits per heavy atom. The van der Waals surface area contributed by atoms with Gasteiger partial charge in [0, 0.05) is 22.7 Å². The molecule has 0 fully saturated rings. The number of nitrogens with zero attached hydrogens (tertiary/aromatic N) is 4. The number of nitrogen functional groups attached to an aromatic ring is 1. The summed E-state index contributed by atoms with van der Waals surface area (Å²) in [7, 11) is 0. The lowest BCUT2D eigenvalue weighted by molar-refractivity contribution is -0.136. The Labute approximate surface area is 169 Å². The SMILES string of the molecule is Cc1ccnc2c(C(F)(F)F)cc(-c3nc(C#N)c(N)nc3-c3ccccc3)cc12. The Bertz CT molecular complexity index is 1310. The van der Waals surface area contributed by atoms with E-state index >= 15 is 0 Å². The van der Waals surface area contributed by atoms with E-state index in [2.05, 4.69) is 15.0 Å². The number of nitrogens with two attached hydrogens (primary N) is 1. The molecule has 0 aliphatic heterocycles. The maximum Gasteiger partial charge on any atom is 0.418 e. The number of nitriles is 1. The Kier molecular flexibility index (Phi) is 4.59. The zero-order valence-corrected chi connectivity index (χ0v) is 15.7. The molecule has 0 aliphatic carbocycles. The summed E-state index contributed by atoms with van der Waals surface area (Å²) in [5.74, 6) is -0.0882. The predicted octanol–water partition coefficient (Wildman–Crippen LogP) is 5.14. The first-order valence-electron chi connectivity index (χ1n) is 8.89. The third-order valence-corrected chi connectivity index (χ3v) is 4.72. The van der Waals surface area contributed by atoms with Gasteiger partial charge >= 0.3 is 6.18 Å². The molecule has 8 heteroatoms. The van der Waals surface area contributed by atoms with E-state index in [1.807, 2.05) is 6.07 Å². The highest BCUT2D eigenvalue weighted by atomic mass is 19.4. The highest BCUT2D eigenvalue weighted by Crippen LogP contribution is 2.39. The van der Waals surface area contributed by atoms with Gasteiger partial charge in [0.2, 0.25) is 0 Å². The van der Waals surface area contributed by atoms with Gasteiger partial charge in [0.1, 0.15) is 6.07 Å². The Hall–Kier alpha value is -3.99. The number of alkyl halides is 3. The molecule has 0 amide bonds. The molecular formula is C22H14F3N5. The van der Waals surface area contributed by atoms with Crippen LogP contribution in [-0.2, 0) is 6.18 Å². The van der Waals surface area contributed by atoms with Gasteiger partial charge < -0.3 is 5.73 Å². The van der Waals surface area contributed by atoms with Crippen molar-refractivity contribution in [3.05, 3.63) is 71.5 Å². The van der Waals surface area contributed by atoms with Crippen molar-refractivity contribution in [2.45, 2.75) is 13.1 Å². The number of hydrogen-bond donors (Lipinski definition) is 1. The Morgan fingerprint density at radius 1 is 0.967 bits per heavy atom. The van der Waals surface area contributed by atoms with Gasteiger partial charge in [-0.3, -0.25) is 4.98 Å². The molecule has 0 radical (unpaired) electrons. The zero-order chi connectivity index (χ0) is 21.5. The van der Waals surface area contributed by atoms with Gasteiger partial charge in [0.15, 0.2) is 11.5 Å². The predicted molar refractivity (Wildman–Crippen MR) is 107 cm³/mol. The van der Waals surface area contributed by atoms with Crippen LogP contribution in [0.3, 0.4) is 0 Å². The van der Waals surface area contributed by atoms with Crippen LogP contribution in [0.5, 0.6) is 0 Å². The van der Waals surface area contributed by atoms with E-state index in [4.69, 9.17) is 5.73 Å². The second kappa shape index (κ2) is 7.12. The smallest absolute Gasteiger partial charge is 0.381 e. The number of anilines is 1. The fraction of sp³-hybridized carbons (Fsp3) is 0.0909. The van der Waals surface area contributed by atoms with E-state index < -0.39 is 11.7 Å². The molecule has 0 unspecified atom stereocenters. The monoisotopic (exact) mass is 405 g/mol. The number of pyridine rings is 1. The summed E-state index contributed by atoms with van der Waals surface area (Å²) in [4.78, 5) is 12.5. The molecule has 0 saturated carbocycles. The third-order valence-electron chi connectivity index (χ3n) is 4.72. The summed E-state index contributed by atoms with van der Waals surface area (Å²) in [5.41, 5.74) is 6.53. The van der Waals surface area contributed by atoms with Crippen LogP contribution in [0.2, 0.25) is 0 Å². The fourth-order valence-electron chi connectivity index (χ4n) is 3.27. The van der Waals surface area contributed by atoms with E-state index in [1.54, 1.807) is 49.4 Å². The molecule has 2 aromatic carbocycles. The fourth-order valence-corrected chi connectivity index (χ4v) is 3.27. The van der Waals surface area contributed by atoms with Crippen molar-refractivity contribution >= 4 is 16.7 Å². The number of fused-ring (bicyclic) bond motifs is 1. The maximum absolute atomic E-state index is 13.8. The molecule has 0 aliphatic rings. The molecule has 4 rings (SSSR count). The van der Waals surface area contributed by atoms with Crippen molar-refractivity contribution in [2.24, 2.45) is 0 Å². The van der Waals surface area contributed by atoms with Crippen LogP contribution in [0.1, 0.15) is 16.8 Å². The average molecular weight is 405 g/mol. The molecule has 30 heavy (non-hydrogen) atoms. The molecule has 0 atom stereocenters. The van der Waals surface area contributed by atoms with Crippen molar-refractivity contribution < 1.29 is 13.2 Å². The van der Waals surface area contributed by atoms with Crippen molar-refractivity contribution in [1.82, 2.24) is 15.0 Å².